The number of hydrogen-bond acceptors (Lipinski definition) is 6. The first kappa shape index (κ1) is 21.1. The van der Waals surface area contributed by atoms with E-state index in [-0.39, 0.29) is 5.91 Å². The van der Waals surface area contributed by atoms with Crippen LogP contribution in [0.25, 0.3) is 0 Å². The number of aromatic nitrogens is 5. The Balaban J connectivity index is 1.49. The molecule has 0 aliphatic carbocycles. The van der Waals surface area contributed by atoms with Gasteiger partial charge in [0.25, 0.3) is 11.8 Å². The summed E-state index contributed by atoms with van der Waals surface area (Å²) in [5.74, 6) is -0.367. The number of amides is 2. The lowest BCUT2D eigenvalue weighted by atomic mass is 10.1. The first-order valence-corrected chi connectivity index (χ1v) is 10.0. The van der Waals surface area contributed by atoms with Crippen LogP contribution in [0.1, 0.15) is 31.8 Å². The maximum Gasteiger partial charge on any atom is 0.258 e. The van der Waals surface area contributed by atoms with E-state index in [1.165, 1.54) is 12.5 Å². The van der Waals surface area contributed by atoms with Crippen molar-refractivity contribution in [3.63, 3.8) is 0 Å². The van der Waals surface area contributed by atoms with Gasteiger partial charge in [-0.15, -0.1) is 5.10 Å². The second-order valence-electron chi connectivity index (χ2n) is 7.02. The molecule has 0 aliphatic heterocycles. The molecule has 160 valence electrons. The van der Waals surface area contributed by atoms with Gasteiger partial charge < -0.3 is 10.6 Å². The number of carbonyl (C=O) groups is 2. The summed E-state index contributed by atoms with van der Waals surface area (Å²) in [5, 5.41) is 17.0. The predicted octanol–water partition coefficient (Wildman–Crippen LogP) is 3.58. The molecule has 10 heteroatoms. The Morgan fingerprint density at radius 3 is 2.50 bits per heavy atom. The van der Waals surface area contributed by atoms with Crippen LogP contribution in [0.5, 0.6) is 0 Å². The summed E-state index contributed by atoms with van der Waals surface area (Å²) in [7, 11) is 0. The molecule has 0 bridgehead atoms. The quantitative estimate of drug-likeness (QED) is 0.467. The lowest BCUT2D eigenvalue weighted by molar-refractivity contribution is 0.102. The zero-order chi connectivity index (χ0) is 22.5. The minimum absolute atomic E-state index is 0.324. The zero-order valence-electron chi connectivity index (χ0n) is 17.0. The third-order valence-corrected chi connectivity index (χ3v) is 4.81. The molecule has 0 radical (unpaired) electrons. The number of pyridine rings is 1. The van der Waals surface area contributed by atoms with E-state index in [2.05, 4.69) is 31.1 Å². The van der Waals surface area contributed by atoms with Gasteiger partial charge in [-0.1, -0.05) is 35.4 Å². The first-order valence-electron chi connectivity index (χ1n) is 9.62. The van der Waals surface area contributed by atoms with Crippen LogP contribution in [-0.2, 0) is 6.54 Å². The fourth-order valence-electron chi connectivity index (χ4n) is 2.98. The molecule has 4 aromatic rings. The first-order chi connectivity index (χ1) is 15.5. The molecular formula is C22H18ClN7O2. The Kier molecular flexibility index (Phi) is 6.18. The van der Waals surface area contributed by atoms with E-state index in [4.69, 9.17) is 11.6 Å². The van der Waals surface area contributed by atoms with Crippen molar-refractivity contribution >= 4 is 34.9 Å². The van der Waals surface area contributed by atoms with E-state index in [0.29, 0.717) is 34.2 Å². The molecule has 0 atom stereocenters. The summed E-state index contributed by atoms with van der Waals surface area (Å²) < 4.78 is 1.59. The van der Waals surface area contributed by atoms with Crippen LogP contribution >= 0.6 is 11.6 Å². The maximum atomic E-state index is 12.8. The van der Waals surface area contributed by atoms with Crippen LogP contribution in [-0.4, -0.2) is 37.0 Å². The highest BCUT2D eigenvalue weighted by Gasteiger charge is 2.16. The normalized spacial score (nSPS) is 10.6. The molecule has 2 aromatic heterocycles. The lowest BCUT2D eigenvalue weighted by Crippen LogP contribution is -2.19. The van der Waals surface area contributed by atoms with Gasteiger partial charge in [0.2, 0.25) is 0 Å². The van der Waals surface area contributed by atoms with Crippen molar-refractivity contribution in [2.45, 2.75) is 13.5 Å². The summed E-state index contributed by atoms with van der Waals surface area (Å²) in [6, 6.07) is 15.5. The molecular weight excluding hydrogens is 430 g/mol. The van der Waals surface area contributed by atoms with Crippen molar-refractivity contribution < 1.29 is 9.59 Å². The third kappa shape index (κ3) is 5.13. The van der Waals surface area contributed by atoms with Crippen LogP contribution in [0.3, 0.4) is 0 Å². The van der Waals surface area contributed by atoms with Crippen molar-refractivity contribution in [2.75, 3.05) is 10.6 Å². The summed E-state index contributed by atoms with van der Waals surface area (Å²) in [6.07, 6.45) is 2.96. The van der Waals surface area contributed by atoms with Crippen LogP contribution in [0.4, 0.5) is 11.5 Å². The lowest BCUT2D eigenvalue weighted by Gasteiger charge is -2.12. The Morgan fingerprint density at radius 1 is 1.00 bits per heavy atom. The summed E-state index contributed by atoms with van der Waals surface area (Å²) in [5.41, 5.74) is 3.00. The van der Waals surface area contributed by atoms with Gasteiger partial charge in [-0.3, -0.25) is 9.59 Å². The van der Waals surface area contributed by atoms with Crippen LogP contribution < -0.4 is 10.6 Å². The molecule has 0 unspecified atom stereocenters. The molecule has 9 nitrogen and oxygen atoms in total. The van der Waals surface area contributed by atoms with E-state index in [1.807, 2.05) is 25.1 Å². The molecule has 2 heterocycles. The zero-order valence-corrected chi connectivity index (χ0v) is 17.7. The Hall–Kier alpha value is -4.11. The van der Waals surface area contributed by atoms with Crippen molar-refractivity contribution in [2.24, 2.45) is 0 Å². The topological polar surface area (TPSA) is 115 Å². The molecule has 4 rings (SSSR count). The van der Waals surface area contributed by atoms with E-state index in [9.17, 15) is 9.59 Å². The maximum absolute atomic E-state index is 12.8. The fourth-order valence-corrected chi connectivity index (χ4v) is 3.10. The number of benzene rings is 2. The third-order valence-electron chi connectivity index (χ3n) is 4.59. The average Bonchev–Trinajstić information content (AvgIpc) is 3.30. The number of halogens is 1. The Labute approximate surface area is 188 Å². The highest BCUT2D eigenvalue weighted by Crippen LogP contribution is 2.21. The SMILES string of the molecule is Cc1ccc(NC(=O)c2ccc(Cn3cnnn3)cc2)c(C(=O)Nc2ccc(Cl)cn2)c1. The highest BCUT2D eigenvalue weighted by molar-refractivity contribution is 6.30. The summed E-state index contributed by atoms with van der Waals surface area (Å²) in [4.78, 5) is 29.7. The van der Waals surface area contributed by atoms with E-state index in [0.717, 1.165) is 11.1 Å². The van der Waals surface area contributed by atoms with Crippen molar-refractivity contribution in [3.05, 3.63) is 94.4 Å². The minimum atomic E-state index is -0.393. The van der Waals surface area contributed by atoms with Gasteiger partial charge in [-0.2, -0.15) is 0 Å². The molecule has 2 amide bonds. The smallest absolute Gasteiger partial charge is 0.258 e. The van der Waals surface area contributed by atoms with Gasteiger partial charge in [0.05, 0.1) is 22.8 Å². The molecule has 0 saturated heterocycles. The van der Waals surface area contributed by atoms with E-state index < -0.39 is 5.91 Å². The Bertz CT molecular complexity index is 1240. The highest BCUT2D eigenvalue weighted by atomic mass is 35.5. The van der Waals surface area contributed by atoms with Gasteiger partial charge >= 0.3 is 0 Å². The standard InChI is InChI=1S/C22H18ClN7O2/c1-14-2-8-19(18(10-14)22(32)27-20-9-7-17(23)11-24-20)26-21(31)16-5-3-15(4-6-16)12-30-13-25-28-29-30/h2-11,13H,12H2,1H3,(H,26,31)(H,24,27,32). The number of rotatable bonds is 6. The number of aryl methyl sites for hydroxylation is 1. The molecule has 0 spiro atoms. The molecule has 32 heavy (non-hydrogen) atoms. The average molecular weight is 448 g/mol. The van der Waals surface area contributed by atoms with Crippen molar-refractivity contribution in [3.8, 4) is 0 Å². The second kappa shape index (κ2) is 9.36. The van der Waals surface area contributed by atoms with Gasteiger partial charge in [0, 0.05) is 11.8 Å². The van der Waals surface area contributed by atoms with Crippen LogP contribution in [0.2, 0.25) is 5.02 Å². The molecule has 0 saturated carbocycles. The van der Waals surface area contributed by atoms with Gasteiger partial charge in [-0.05, 0) is 59.3 Å². The largest absolute Gasteiger partial charge is 0.321 e. The molecule has 2 aromatic carbocycles. The van der Waals surface area contributed by atoms with Crippen molar-refractivity contribution in [1.29, 1.82) is 0 Å². The van der Waals surface area contributed by atoms with Crippen LogP contribution in [0.15, 0.2) is 67.1 Å². The second-order valence-corrected chi connectivity index (χ2v) is 7.46. The number of carbonyl (C=O) groups excluding carboxylic acids is 2. The van der Waals surface area contributed by atoms with Crippen LogP contribution in [0, 0.1) is 6.92 Å². The fraction of sp³-hybridized carbons (Fsp3) is 0.0909. The number of hydrogen-bond donors (Lipinski definition) is 2. The monoisotopic (exact) mass is 447 g/mol. The van der Waals surface area contributed by atoms with Gasteiger partial charge in [0.15, 0.2) is 0 Å². The molecule has 0 aliphatic rings. The van der Waals surface area contributed by atoms with E-state index in [1.54, 1.807) is 41.1 Å². The van der Waals surface area contributed by atoms with Gasteiger partial charge in [-0.25, -0.2) is 9.67 Å². The summed E-state index contributed by atoms with van der Waals surface area (Å²) >= 11 is 5.84. The van der Waals surface area contributed by atoms with E-state index >= 15 is 0 Å². The minimum Gasteiger partial charge on any atom is -0.321 e. The number of nitrogens with zero attached hydrogens (tertiary/aromatic N) is 5. The number of tetrazole rings is 1. The number of nitrogens with one attached hydrogen (secondary N) is 2. The Morgan fingerprint density at radius 2 is 1.81 bits per heavy atom. The molecule has 0 fully saturated rings. The number of anilines is 2. The predicted molar refractivity (Wildman–Crippen MR) is 120 cm³/mol. The van der Waals surface area contributed by atoms with Gasteiger partial charge in [0.1, 0.15) is 12.1 Å². The summed E-state index contributed by atoms with van der Waals surface area (Å²) in [6.45, 7) is 2.36. The molecule has 2 N–H and O–H groups in total. The van der Waals surface area contributed by atoms with Crippen molar-refractivity contribution in [1.82, 2.24) is 25.2 Å².